The highest BCUT2D eigenvalue weighted by atomic mass is 19.4. The predicted molar refractivity (Wildman–Crippen MR) is 94.0 cm³/mol. The first-order valence-corrected chi connectivity index (χ1v) is 9.01. The number of hydrogen-bond donors (Lipinski definition) is 1. The second-order valence-electron chi connectivity index (χ2n) is 8.14. The molecule has 1 heterocycles. The monoisotopic (exact) mass is 402 g/mol. The summed E-state index contributed by atoms with van der Waals surface area (Å²) in [6, 6.07) is 3.80. The highest BCUT2D eigenvalue weighted by Crippen LogP contribution is 2.66. The van der Waals surface area contributed by atoms with Gasteiger partial charge in [-0.3, -0.25) is 4.68 Å². The van der Waals surface area contributed by atoms with Gasteiger partial charge in [-0.2, -0.15) is 18.3 Å². The highest BCUT2D eigenvalue weighted by molar-refractivity contribution is 5.49. The maximum Gasteiger partial charge on any atom is 0.416 e. The van der Waals surface area contributed by atoms with E-state index in [0.717, 1.165) is 24.1 Å². The first-order valence-electron chi connectivity index (χ1n) is 9.01. The summed E-state index contributed by atoms with van der Waals surface area (Å²) in [4.78, 5) is 0. The molecule has 0 saturated heterocycles. The summed E-state index contributed by atoms with van der Waals surface area (Å²) in [5.41, 5.74) is -0.355. The van der Waals surface area contributed by atoms with E-state index in [0.29, 0.717) is 17.5 Å². The van der Waals surface area contributed by atoms with Crippen LogP contribution >= 0.6 is 0 Å². The van der Waals surface area contributed by atoms with Gasteiger partial charge in [0.05, 0.1) is 11.2 Å². The number of aryl methyl sites for hydroxylation is 2. The van der Waals surface area contributed by atoms with Crippen molar-refractivity contribution in [2.75, 3.05) is 0 Å². The first kappa shape index (κ1) is 20.8. The largest absolute Gasteiger partial charge is 0.416 e. The van der Waals surface area contributed by atoms with E-state index in [2.05, 4.69) is 5.10 Å². The van der Waals surface area contributed by atoms with E-state index in [4.69, 9.17) is 0 Å². The summed E-state index contributed by atoms with van der Waals surface area (Å²) in [6.45, 7) is 5.50. The Kier molecular flexibility index (Phi) is 4.85. The standard InChI is InChI=1S/C14H15F3O.C6H8F2N2/c1-12(2)10-5-6-13(12,18)11-7-8(14(15,16)17)3-4-9(10)11;1-4-3-10(2)9-5(4)6(7)8/h3-4,7,10,18H,5-6H2,1-2H3;3,6H,1-2H3. The van der Waals surface area contributed by atoms with Crippen LogP contribution in [0.15, 0.2) is 24.4 Å². The molecule has 0 aliphatic heterocycles. The SMILES string of the molecule is CC1(C)C2CCC1(O)c1cc(C(F)(F)F)ccc12.Cc1cn(C)nc1C(F)F. The molecule has 2 aliphatic carbocycles. The molecule has 1 aromatic heterocycles. The molecule has 2 atom stereocenters. The molecule has 0 radical (unpaired) electrons. The van der Waals surface area contributed by atoms with Gasteiger partial charge in [0.25, 0.3) is 6.43 Å². The smallest absolute Gasteiger partial charge is 0.385 e. The molecular formula is C20H23F5N2O. The van der Waals surface area contributed by atoms with Crippen LogP contribution in [0, 0.1) is 12.3 Å². The summed E-state index contributed by atoms with van der Waals surface area (Å²) >= 11 is 0. The summed E-state index contributed by atoms with van der Waals surface area (Å²) in [5, 5.41) is 14.3. The topological polar surface area (TPSA) is 38.0 Å². The lowest BCUT2D eigenvalue weighted by molar-refractivity contribution is -0.137. The van der Waals surface area contributed by atoms with E-state index >= 15 is 0 Å². The number of halogens is 5. The molecule has 28 heavy (non-hydrogen) atoms. The van der Waals surface area contributed by atoms with Gasteiger partial charge in [-0.25, -0.2) is 8.78 Å². The van der Waals surface area contributed by atoms with Gasteiger partial charge in [-0.15, -0.1) is 0 Å². The zero-order valence-corrected chi connectivity index (χ0v) is 16.1. The van der Waals surface area contributed by atoms with Crippen molar-refractivity contribution in [3.05, 3.63) is 52.3 Å². The molecule has 3 nitrogen and oxygen atoms in total. The van der Waals surface area contributed by atoms with Crippen LogP contribution in [-0.4, -0.2) is 14.9 Å². The average molecular weight is 402 g/mol. The number of aliphatic hydroxyl groups is 1. The lowest BCUT2D eigenvalue weighted by Gasteiger charge is -2.33. The van der Waals surface area contributed by atoms with Crippen molar-refractivity contribution >= 4 is 0 Å². The number of rotatable bonds is 1. The van der Waals surface area contributed by atoms with Crippen LogP contribution in [0.3, 0.4) is 0 Å². The van der Waals surface area contributed by atoms with Gasteiger partial charge < -0.3 is 5.11 Å². The number of fused-ring (bicyclic) bond motifs is 5. The van der Waals surface area contributed by atoms with Crippen molar-refractivity contribution in [3.63, 3.8) is 0 Å². The van der Waals surface area contributed by atoms with Crippen molar-refractivity contribution in [2.24, 2.45) is 12.5 Å². The fraction of sp³-hybridized carbons (Fsp3) is 0.550. The van der Waals surface area contributed by atoms with Crippen molar-refractivity contribution in [1.82, 2.24) is 9.78 Å². The molecule has 8 heteroatoms. The van der Waals surface area contributed by atoms with Crippen LogP contribution in [0.4, 0.5) is 22.0 Å². The molecule has 2 unspecified atom stereocenters. The normalized spacial score (nSPS) is 24.9. The third-order valence-electron chi connectivity index (χ3n) is 6.19. The van der Waals surface area contributed by atoms with E-state index in [1.165, 1.54) is 4.68 Å². The Labute approximate surface area is 160 Å². The van der Waals surface area contributed by atoms with E-state index in [9.17, 15) is 27.1 Å². The van der Waals surface area contributed by atoms with E-state index in [1.807, 2.05) is 13.8 Å². The van der Waals surface area contributed by atoms with Gasteiger partial charge in [0.15, 0.2) is 0 Å². The number of nitrogens with zero attached hydrogens (tertiary/aromatic N) is 2. The van der Waals surface area contributed by atoms with Crippen LogP contribution in [0.1, 0.15) is 67.0 Å². The minimum Gasteiger partial charge on any atom is -0.385 e. The van der Waals surface area contributed by atoms with E-state index in [-0.39, 0.29) is 17.0 Å². The molecule has 1 aromatic carbocycles. The molecule has 1 saturated carbocycles. The minimum atomic E-state index is -4.35. The Bertz CT molecular complexity index is 887. The van der Waals surface area contributed by atoms with Gasteiger partial charge in [-0.05, 0) is 54.5 Å². The second kappa shape index (κ2) is 6.54. The second-order valence-corrected chi connectivity index (χ2v) is 8.14. The molecular weight excluding hydrogens is 379 g/mol. The minimum absolute atomic E-state index is 0.123. The molecule has 2 aliphatic rings. The third-order valence-corrected chi connectivity index (χ3v) is 6.19. The summed E-state index contributed by atoms with van der Waals surface area (Å²) in [7, 11) is 1.62. The Morgan fingerprint density at radius 2 is 1.89 bits per heavy atom. The Morgan fingerprint density at radius 3 is 2.36 bits per heavy atom. The van der Waals surface area contributed by atoms with E-state index in [1.54, 1.807) is 26.2 Å². The zero-order chi connectivity index (χ0) is 21.1. The fourth-order valence-corrected chi connectivity index (χ4v) is 4.58. The third kappa shape index (κ3) is 3.11. The lowest BCUT2D eigenvalue weighted by atomic mass is 9.77. The quantitative estimate of drug-likeness (QED) is 0.642. The van der Waals surface area contributed by atoms with Crippen LogP contribution in [0.5, 0.6) is 0 Å². The Morgan fingerprint density at radius 1 is 1.25 bits per heavy atom. The van der Waals surface area contributed by atoms with Crippen molar-refractivity contribution in [3.8, 4) is 0 Å². The molecule has 2 bridgehead atoms. The average Bonchev–Trinajstić information content (AvgIpc) is 3.09. The lowest BCUT2D eigenvalue weighted by Crippen LogP contribution is -2.34. The van der Waals surface area contributed by atoms with Gasteiger partial charge >= 0.3 is 6.18 Å². The Balaban J connectivity index is 0.000000192. The predicted octanol–water partition coefficient (Wildman–Crippen LogP) is 5.48. The van der Waals surface area contributed by atoms with Crippen molar-refractivity contribution in [2.45, 2.75) is 57.7 Å². The van der Waals surface area contributed by atoms with Gasteiger partial charge in [-0.1, -0.05) is 19.9 Å². The van der Waals surface area contributed by atoms with Crippen molar-refractivity contribution in [1.29, 1.82) is 0 Å². The molecule has 2 aromatic rings. The van der Waals surface area contributed by atoms with Gasteiger partial charge in [0.1, 0.15) is 5.69 Å². The first-order chi connectivity index (χ1) is 12.8. The Hall–Kier alpha value is -1.96. The molecule has 1 N–H and O–H groups in total. The maximum atomic E-state index is 12.7. The zero-order valence-electron chi connectivity index (χ0n) is 16.1. The molecule has 4 rings (SSSR count). The summed E-state index contributed by atoms with van der Waals surface area (Å²) in [5.74, 6) is 0.166. The van der Waals surface area contributed by atoms with E-state index < -0.39 is 23.8 Å². The maximum absolute atomic E-state index is 12.7. The molecule has 0 spiro atoms. The molecule has 1 fully saturated rings. The molecule has 154 valence electrons. The number of benzene rings is 1. The number of alkyl halides is 5. The number of aromatic nitrogens is 2. The van der Waals surface area contributed by atoms with Crippen LogP contribution in [0.2, 0.25) is 0 Å². The fourth-order valence-electron chi connectivity index (χ4n) is 4.58. The van der Waals surface area contributed by atoms with Gasteiger partial charge in [0, 0.05) is 18.7 Å². The van der Waals surface area contributed by atoms with Crippen LogP contribution in [0.25, 0.3) is 0 Å². The highest BCUT2D eigenvalue weighted by Gasteiger charge is 2.61. The summed E-state index contributed by atoms with van der Waals surface area (Å²) in [6.07, 6.45) is -3.83. The number of hydrogen-bond acceptors (Lipinski definition) is 2. The molecule has 0 amide bonds. The van der Waals surface area contributed by atoms with Crippen LogP contribution < -0.4 is 0 Å². The van der Waals surface area contributed by atoms with Crippen LogP contribution in [-0.2, 0) is 18.8 Å². The van der Waals surface area contributed by atoms with Gasteiger partial charge in [0.2, 0.25) is 0 Å². The summed E-state index contributed by atoms with van der Waals surface area (Å²) < 4.78 is 63.5. The van der Waals surface area contributed by atoms with Crippen molar-refractivity contribution < 1.29 is 27.1 Å².